The first kappa shape index (κ1) is 31.2. The molecular weight excluding hydrogens is 339 g/mol. The Balaban J connectivity index is -0.0000000656. The number of H-pyrrole nitrogens is 1. The van der Waals surface area contributed by atoms with Gasteiger partial charge in [-0.05, 0) is 11.8 Å². The number of hydrogen-bond acceptors (Lipinski definition) is 7. The minimum atomic E-state index is -0.506. The molecule has 0 fully saturated rings. The molecule has 0 aromatic carbocycles. The predicted octanol–water partition coefficient (Wildman–Crippen LogP) is -5.59. The SMILES string of the molecule is O=c1cc([O-])nc[nH]1.[Ni+2].[O-]c1cc(O)ncn1.[OH3+].[OH3+].[OH3+].[OH3+]. The van der Waals surface area contributed by atoms with Gasteiger partial charge in [0.1, 0.15) is 6.33 Å². The number of nitrogens with zero attached hydrogens (tertiary/aromatic N) is 3. The van der Waals surface area contributed by atoms with Gasteiger partial charge in [0.15, 0.2) is 0 Å². The van der Waals surface area contributed by atoms with Crippen LogP contribution in [0.5, 0.6) is 17.6 Å². The average molecular weight is 357 g/mol. The fourth-order valence-corrected chi connectivity index (χ4v) is 0.680. The van der Waals surface area contributed by atoms with Crippen molar-refractivity contribution in [1.82, 2.24) is 19.9 Å². The van der Waals surface area contributed by atoms with Crippen LogP contribution in [0.1, 0.15) is 0 Å². The maximum atomic E-state index is 10.2. The molecule has 2 aromatic rings. The first-order valence-electron chi connectivity index (χ1n) is 3.97. The van der Waals surface area contributed by atoms with E-state index in [0.717, 1.165) is 24.8 Å². The Bertz CT molecular complexity index is 508. The van der Waals surface area contributed by atoms with Crippen molar-refractivity contribution in [2.45, 2.75) is 0 Å². The van der Waals surface area contributed by atoms with E-state index in [-0.39, 0.29) is 44.3 Å². The maximum Gasteiger partial charge on any atom is 2.00 e. The standard InChI is InChI=1S/2C4H4N2O2.Ni.4H2O/c2*7-3-1-4(8)6-2-5-3;;;;;/h2*1-2H,(H2,5,6,7,8);;4*1H2/q;;+2;;;;/p+2. The van der Waals surface area contributed by atoms with Crippen LogP contribution >= 0.6 is 0 Å². The van der Waals surface area contributed by atoms with E-state index in [1.54, 1.807) is 0 Å². The molecule has 0 aliphatic heterocycles. The zero-order valence-corrected chi connectivity index (χ0v) is 11.4. The number of aromatic hydroxyl groups is 1. The molecule has 0 saturated carbocycles. The Morgan fingerprint density at radius 2 is 1.48 bits per heavy atom. The first-order chi connectivity index (χ1) is 7.58. The Hall–Kier alpha value is -2.31. The van der Waals surface area contributed by atoms with Gasteiger partial charge in [0.25, 0.3) is 0 Å². The van der Waals surface area contributed by atoms with Gasteiger partial charge in [0, 0.05) is 12.1 Å². The van der Waals surface area contributed by atoms with Gasteiger partial charge in [-0.25, -0.2) is 4.98 Å². The van der Waals surface area contributed by atoms with Crippen molar-refractivity contribution < 1.29 is 53.7 Å². The van der Waals surface area contributed by atoms with Gasteiger partial charge in [-0.1, -0.05) is 0 Å². The van der Waals surface area contributed by atoms with Crippen molar-refractivity contribution in [3.63, 3.8) is 0 Å². The number of nitrogens with one attached hydrogen (secondary N) is 1. The Morgan fingerprint density at radius 3 is 1.76 bits per heavy atom. The van der Waals surface area contributed by atoms with E-state index in [2.05, 4.69) is 19.9 Å². The van der Waals surface area contributed by atoms with Gasteiger partial charge >= 0.3 is 16.5 Å². The fourth-order valence-electron chi connectivity index (χ4n) is 0.680. The second-order valence-corrected chi connectivity index (χ2v) is 2.46. The van der Waals surface area contributed by atoms with Crippen molar-refractivity contribution in [1.29, 1.82) is 0 Å². The molecule has 14 N–H and O–H groups in total. The van der Waals surface area contributed by atoms with Gasteiger partial charge in [-0.15, -0.1) is 0 Å². The summed E-state index contributed by atoms with van der Waals surface area (Å²) in [5.41, 5.74) is -0.412. The van der Waals surface area contributed by atoms with E-state index in [1.165, 1.54) is 0 Å². The van der Waals surface area contributed by atoms with Crippen LogP contribution in [0.4, 0.5) is 0 Å². The minimum Gasteiger partial charge on any atom is -0.858 e. The summed E-state index contributed by atoms with van der Waals surface area (Å²) < 4.78 is 0. The fraction of sp³-hybridized carbons (Fsp3) is 0. The smallest absolute Gasteiger partial charge is 0.858 e. The predicted molar refractivity (Wildman–Crippen MR) is 66.9 cm³/mol. The Kier molecular flexibility index (Phi) is 23.4. The van der Waals surface area contributed by atoms with E-state index in [9.17, 15) is 15.0 Å². The second kappa shape index (κ2) is 15.8. The molecule has 0 amide bonds. The van der Waals surface area contributed by atoms with Crippen LogP contribution < -0.4 is 15.8 Å². The summed E-state index contributed by atoms with van der Waals surface area (Å²) in [5, 5.41) is 28.8. The normalized spacial score (nSPS) is 6.86. The molecule has 0 atom stereocenters. The topological polar surface area (TPSA) is 270 Å². The number of aromatic amines is 1. The van der Waals surface area contributed by atoms with E-state index < -0.39 is 17.3 Å². The zero-order valence-electron chi connectivity index (χ0n) is 10.4. The van der Waals surface area contributed by atoms with Gasteiger partial charge in [-0.3, -0.25) is 14.8 Å². The van der Waals surface area contributed by atoms with Crippen LogP contribution in [0.25, 0.3) is 0 Å². The van der Waals surface area contributed by atoms with Crippen molar-refractivity contribution >= 4 is 0 Å². The molecule has 0 spiro atoms. The molecule has 2 rings (SSSR count). The molecule has 0 radical (unpaired) electrons. The van der Waals surface area contributed by atoms with Gasteiger partial charge in [0.05, 0.1) is 6.33 Å². The summed E-state index contributed by atoms with van der Waals surface area (Å²) in [4.78, 5) is 22.1. The number of hydrogen-bond donors (Lipinski definition) is 2. The quantitative estimate of drug-likeness (QED) is 0.340. The molecule has 13 heteroatoms. The third kappa shape index (κ3) is 13.9. The van der Waals surface area contributed by atoms with Gasteiger partial charge in [0.2, 0.25) is 11.4 Å². The second-order valence-electron chi connectivity index (χ2n) is 2.46. The molecule has 0 bridgehead atoms. The van der Waals surface area contributed by atoms with Crippen LogP contribution in [-0.4, -0.2) is 25.0 Å². The Labute approximate surface area is 127 Å². The third-order valence-corrected chi connectivity index (χ3v) is 1.28. The number of rotatable bonds is 0. The van der Waals surface area contributed by atoms with E-state index in [1.807, 2.05) is 0 Å². The minimum absolute atomic E-state index is 0. The molecular formula is C8H18N4NiO8+4. The summed E-state index contributed by atoms with van der Waals surface area (Å²) >= 11 is 0. The zero-order chi connectivity index (χ0) is 12.0. The molecule has 21 heavy (non-hydrogen) atoms. The van der Waals surface area contributed by atoms with Crippen molar-refractivity contribution in [2.75, 3.05) is 0 Å². The third-order valence-electron chi connectivity index (χ3n) is 1.28. The van der Waals surface area contributed by atoms with Gasteiger partial charge < -0.3 is 42.2 Å². The van der Waals surface area contributed by atoms with Crippen LogP contribution in [-0.2, 0) is 38.4 Å². The van der Waals surface area contributed by atoms with Crippen LogP contribution in [0.15, 0.2) is 29.6 Å². The monoisotopic (exact) mass is 356 g/mol. The molecule has 12 nitrogen and oxygen atoms in total. The van der Waals surface area contributed by atoms with Crippen LogP contribution in [0.3, 0.4) is 0 Å². The summed E-state index contributed by atoms with van der Waals surface area (Å²) in [6.07, 6.45) is 2.09. The van der Waals surface area contributed by atoms with Crippen LogP contribution in [0.2, 0.25) is 0 Å². The molecule has 124 valence electrons. The van der Waals surface area contributed by atoms with Crippen molar-refractivity contribution in [3.8, 4) is 17.6 Å². The molecule has 2 aromatic heterocycles. The van der Waals surface area contributed by atoms with E-state index >= 15 is 0 Å². The van der Waals surface area contributed by atoms with E-state index in [4.69, 9.17) is 5.11 Å². The Morgan fingerprint density at radius 1 is 0.952 bits per heavy atom. The van der Waals surface area contributed by atoms with Gasteiger partial charge in [-0.2, -0.15) is 0 Å². The molecule has 2 heterocycles. The molecule has 0 aliphatic rings. The molecule has 0 aliphatic carbocycles. The molecule has 0 unspecified atom stereocenters. The largest absolute Gasteiger partial charge is 2.00 e. The van der Waals surface area contributed by atoms with E-state index in [0.29, 0.717) is 0 Å². The van der Waals surface area contributed by atoms with Crippen molar-refractivity contribution in [2.24, 2.45) is 0 Å². The summed E-state index contributed by atoms with van der Waals surface area (Å²) in [6, 6.07) is 1.83. The van der Waals surface area contributed by atoms with Crippen molar-refractivity contribution in [3.05, 3.63) is 35.1 Å². The summed E-state index contributed by atoms with van der Waals surface area (Å²) in [6.45, 7) is 0. The first-order valence-corrected chi connectivity index (χ1v) is 3.97. The summed E-state index contributed by atoms with van der Waals surface area (Å²) in [7, 11) is 0. The average Bonchev–Trinajstić information content (AvgIpc) is 2.17. The molecule has 0 saturated heterocycles. The van der Waals surface area contributed by atoms with Crippen LogP contribution in [0, 0.1) is 0 Å². The maximum absolute atomic E-state index is 10.2. The summed E-state index contributed by atoms with van der Waals surface area (Å²) in [5.74, 6) is -1.27. The number of aromatic nitrogens is 4.